The second-order valence-electron chi connectivity index (χ2n) is 5.12. The van der Waals surface area contributed by atoms with Crippen molar-refractivity contribution >= 4 is 0 Å². The van der Waals surface area contributed by atoms with Gasteiger partial charge in [-0.1, -0.05) is 12.8 Å². The van der Waals surface area contributed by atoms with Gasteiger partial charge in [0.05, 0.1) is 12.3 Å². The van der Waals surface area contributed by atoms with Gasteiger partial charge in [-0.25, -0.2) is 0 Å². The van der Waals surface area contributed by atoms with E-state index in [1.165, 1.54) is 25.7 Å². The van der Waals surface area contributed by atoms with Crippen molar-refractivity contribution in [1.82, 2.24) is 10.3 Å². The lowest BCUT2D eigenvalue weighted by atomic mass is 10.1. The highest BCUT2D eigenvalue weighted by atomic mass is 16.3. The van der Waals surface area contributed by atoms with Crippen molar-refractivity contribution in [3.63, 3.8) is 0 Å². The molecule has 0 unspecified atom stereocenters. The van der Waals surface area contributed by atoms with Crippen LogP contribution in [0.2, 0.25) is 0 Å². The molecule has 100 valence electrons. The van der Waals surface area contributed by atoms with Crippen LogP contribution in [0.5, 0.6) is 5.75 Å². The minimum atomic E-state index is -0.0834. The van der Waals surface area contributed by atoms with Crippen LogP contribution in [0.15, 0.2) is 6.20 Å². The molecule has 0 aromatic carbocycles. The number of nitrogens with one attached hydrogen (secondary N) is 1. The van der Waals surface area contributed by atoms with Gasteiger partial charge in [-0.15, -0.1) is 0 Å². The Labute approximate surface area is 108 Å². The van der Waals surface area contributed by atoms with Crippen LogP contribution in [0.4, 0.5) is 0 Å². The summed E-state index contributed by atoms with van der Waals surface area (Å²) in [4.78, 5) is 4.05. The molecule has 1 fully saturated rings. The van der Waals surface area contributed by atoms with E-state index in [0.717, 1.165) is 18.0 Å². The molecule has 0 bridgehead atoms. The van der Waals surface area contributed by atoms with E-state index in [0.29, 0.717) is 17.8 Å². The molecule has 1 aromatic rings. The predicted octanol–water partition coefficient (Wildman–Crippen LogP) is 1.87. The fourth-order valence-corrected chi connectivity index (χ4v) is 2.15. The van der Waals surface area contributed by atoms with Crippen LogP contribution < -0.4 is 5.32 Å². The molecule has 0 radical (unpaired) electrons. The van der Waals surface area contributed by atoms with Gasteiger partial charge in [-0.05, 0) is 32.2 Å². The minimum absolute atomic E-state index is 0.0834. The summed E-state index contributed by atoms with van der Waals surface area (Å²) in [6.07, 6.45) is 6.93. The first kappa shape index (κ1) is 13.3. The van der Waals surface area contributed by atoms with Crippen LogP contribution in [0.25, 0.3) is 0 Å². The normalized spacial score (nSPS) is 15.0. The molecule has 18 heavy (non-hydrogen) atoms. The first-order valence-electron chi connectivity index (χ1n) is 6.70. The number of hydrogen-bond acceptors (Lipinski definition) is 4. The van der Waals surface area contributed by atoms with Crippen LogP contribution in [0.1, 0.15) is 42.5 Å². The third-order valence-electron chi connectivity index (χ3n) is 3.57. The Morgan fingerprint density at radius 2 is 2.22 bits per heavy atom. The van der Waals surface area contributed by atoms with Gasteiger partial charge in [-0.2, -0.15) is 0 Å². The summed E-state index contributed by atoms with van der Waals surface area (Å²) in [6.45, 7) is 3.24. The zero-order chi connectivity index (χ0) is 13.0. The lowest BCUT2D eigenvalue weighted by Crippen LogP contribution is -2.16. The fourth-order valence-electron chi connectivity index (χ4n) is 2.15. The standard InChI is InChI=1S/C14H22N2O2/c1-10-14(18)13(12(9-17)7-16-10)8-15-6-2-3-11-4-5-11/h7,11,15,17-18H,2-6,8-9H2,1H3. The second kappa shape index (κ2) is 6.16. The number of aromatic nitrogens is 1. The van der Waals surface area contributed by atoms with Crippen molar-refractivity contribution < 1.29 is 10.2 Å². The number of aliphatic hydroxyl groups excluding tert-OH is 1. The number of aromatic hydroxyl groups is 1. The van der Waals surface area contributed by atoms with E-state index in [1.807, 2.05) is 0 Å². The molecule has 2 rings (SSSR count). The van der Waals surface area contributed by atoms with Crippen LogP contribution in [-0.4, -0.2) is 21.7 Å². The molecular formula is C14H22N2O2. The van der Waals surface area contributed by atoms with Crippen LogP contribution in [-0.2, 0) is 13.2 Å². The summed E-state index contributed by atoms with van der Waals surface area (Å²) in [5, 5.41) is 22.5. The van der Waals surface area contributed by atoms with Crippen LogP contribution >= 0.6 is 0 Å². The Bertz CT molecular complexity index is 403. The van der Waals surface area contributed by atoms with E-state index in [-0.39, 0.29) is 12.4 Å². The van der Waals surface area contributed by atoms with E-state index < -0.39 is 0 Å². The van der Waals surface area contributed by atoms with Crippen molar-refractivity contribution in [2.24, 2.45) is 5.92 Å². The molecule has 1 aliphatic rings. The molecule has 0 saturated heterocycles. The van der Waals surface area contributed by atoms with Gasteiger partial charge in [0, 0.05) is 23.9 Å². The summed E-state index contributed by atoms with van der Waals surface area (Å²) < 4.78 is 0. The molecule has 1 heterocycles. The van der Waals surface area contributed by atoms with Gasteiger partial charge in [0.15, 0.2) is 0 Å². The van der Waals surface area contributed by atoms with E-state index >= 15 is 0 Å². The molecule has 4 heteroatoms. The Balaban J connectivity index is 1.84. The second-order valence-corrected chi connectivity index (χ2v) is 5.12. The Morgan fingerprint density at radius 3 is 2.89 bits per heavy atom. The Morgan fingerprint density at radius 1 is 1.44 bits per heavy atom. The number of rotatable bonds is 7. The molecule has 1 aliphatic carbocycles. The molecule has 0 atom stereocenters. The first-order valence-corrected chi connectivity index (χ1v) is 6.70. The highest BCUT2D eigenvalue weighted by molar-refractivity contribution is 5.40. The van der Waals surface area contributed by atoms with E-state index in [1.54, 1.807) is 13.1 Å². The van der Waals surface area contributed by atoms with Gasteiger partial charge in [0.25, 0.3) is 0 Å². The van der Waals surface area contributed by atoms with Gasteiger partial charge < -0.3 is 15.5 Å². The van der Waals surface area contributed by atoms with Gasteiger partial charge in [0.2, 0.25) is 0 Å². The topological polar surface area (TPSA) is 65.4 Å². The average molecular weight is 250 g/mol. The molecule has 1 saturated carbocycles. The van der Waals surface area contributed by atoms with Gasteiger partial charge >= 0.3 is 0 Å². The number of hydrogen-bond donors (Lipinski definition) is 3. The van der Waals surface area contributed by atoms with E-state index in [2.05, 4.69) is 10.3 Å². The molecule has 0 aliphatic heterocycles. The monoisotopic (exact) mass is 250 g/mol. The maximum absolute atomic E-state index is 9.95. The van der Waals surface area contributed by atoms with Crippen LogP contribution in [0, 0.1) is 12.8 Å². The predicted molar refractivity (Wildman–Crippen MR) is 70.2 cm³/mol. The zero-order valence-corrected chi connectivity index (χ0v) is 10.9. The van der Waals surface area contributed by atoms with E-state index in [4.69, 9.17) is 0 Å². The van der Waals surface area contributed by atoms with Crippen LogP contribution in [0.3, 0.4) is 0 Å². The summed E-state index contributed by atoms with van der Waals surface area (Å²) in [6, 6.07) is 0. The van der Waals surface area contributed by atoms with Gasteiger partial charge in [-0.3, -0.25) is 4.98 Å². The highest BCUT2D eigenvalue weighted by Crippen LogP contribution is 2.33. The number of pyridine rings is 1. The zero-order valence-electron chi connectivity index (χ0n) is 10.9. The summed E-state index contributed by atoms with van der Waals surface area (Å²) in [7, 11) is 0. The third-order valence-corrected chi connectivity index (χ3v) is 3.57. The maximum atomic E-state index is 9.95. The molecule has 0 amide bonds. The number of aliphatic hydroxyl groups is 1. The van der Waals surface area contributed by atoms with Crippen molar-refractivity contribution in [3.05, 3.63) is 23.0 Å². The quantitative estimate of drug-likeness (QED) is 0.646. The molecule has 3 N–H and O–H groups in total. The third kappa shape index (κ3) is 3.43. The van der Waals surface area contributed by atoms with Crippen molar-refractivity contribution in [1.29, 1.82) is 0 Å². The van der Waals surface area contributed by atoms with Crippen molar-refractivity contribution in [2.75, 3.05) is 6.54 Å². The smallest absolute Gasteiger partial charge is 0.141 e. The van der Waals surface area contributed by atoms with Crippen molar-refractivity contribution in [2.45, 2.75) is 45.8 Å². The fraction of sp³-hybridized carbons (Fsp3) is 0.643. The van der Waals surface area contributed by atoms with Crippen molar-refractivity contribution in [3.8, 4) is 5.75 Å². The summed E-state index contributed by atoms with van der Waals surface area (Å²) >= 11 is 0. The summed E-state index contributed by atoms with van der Waals surface area (Å²) in [5.41, 5.74) is 2.09. The average Bonchev–Trinajstić information content (AvgIpc) is 3.18. The maximum Gasteiger partial charge on any atom is 0.141 e. The van der Waals surface area contributed by atoms with Gasteiger partial charge in [0.1, 0.15) is 5.75 Å². The molecule has 0 spiro atoms. The largest absolute Gasteiger partial charge is 0.506 e. The SMILES string of the molecule is Cc1ncc(CO)c(CNCCCC2CC2)c1O. The molecular weight excluding hydrogens is 228 g/mol. The molecule has 1 aromatic heterocycles. The highest BCUT2D eigenvalue weighted by Gasteiger charge is 2.20. The Hall–Kier alpha value is -1.13. The lowest BCUT2D eigenvalue weighted by Gasteiger charge is -2.12. The number of nitrogens with zero attached hydrogens (tertiary/aromatic N) is 1. The van der Waals surface area contributed by atoms with E-state index in [9.17, 15) is 10.2 Å². The molecule has 4 nitrogen and oxygen atoms in total. The summed E-state index contributed by atoms with van der Waals surface area (Å²) in [5.74, 6) is 1.17. The number of aryl methyl sites for hydroxylation is 1. The lowest BCUT2D eigenvalue weighted by molar-refractivity contribution is 0.278. The first-order chi connectivity index (χ1) is 8.72. The Kier molecular flexibility index (Phi) is 4.55. The minimum Gasteiger partial charge on any atom is -0.506 e.